The summed E-state index contributed by atoms with van der Waals surface area (Å²) < 4.78 is 17.3. The van der Waals surface area contributed by atoms with Crippen LogP contribution in [0.5, 0.6) is 5.75 Å². The number of aryl methyl sites for hydroxylation is 1. The molecule has 0 unspecified atom stereocenters. The molecule has 0 saturated heterocycles. The number of carbonyl (C=O) groups excluding carboxylic acids is 3. The van der Waals surface area contributed by atoms with Gasteiger partial charge in [-0.1, -0.05) is 19.1 Å². The van der Waals surface area contributed by atoms with Crippen LogP contribution in [0.4, 0.5) is 4.79 Å². The Hall–Kier alpha value is -3.14. The van der Waals surface area contributed by atoms with Gasteiger partial charge in [-0.15, -0.1) is 0 Å². The number of amides is 3. The van der Waals surface area contributed by atoms with Crippen LogP contribution >= 0.6 is 0 Å². The lowest BCUT2D eigenvalue weighted by molar-refractivity contribution is -0.133. The van der Waals surface area contributed by atoms with Crippen molar-refractivity contribution in [2.75, 3.05) is 13.7 Å². The normalized spacial score (nSPS) is 30.0. The summed E-state index contributed by atoms with van der Waals surface area (Å²) in [7, 11) is 1.62. The van der Waals surface area contributed by atoms with Crippen LogP contribution in [0.2, 0.25) is 0 Å². The largest absolute Gasteiger partial charge is 0.487 e. The lowest BCUT2D eigenvalue weighted by Crippen LogP contribution is -2.59. The van der Waals surface area contributed by atoms with Crippen molar-refractivity contribution in [2.45, 2.75) is 122 Å². The minimum absolute atomic E-state index is 0.0236. The Morgan fingerprint density at radius 3 is 2.72 bits per heavy atom. The number of ether oxygens (including phenoxy) is 3. The quantitative estimate of drug-likeness (QED) is 0.503. The van der Waals surface area contributed by atoms with Gasteiger partial charge in [-0.2, -0.15) is 0 Å². The van der Waals surface area contributed by atoms with E-state index in [1.165, 1.54) is 0 Å². The number of hydrogen-bond donors (Lipinski definition) is 2. The van der Waals surface area contributed by atoms with Gasteiger partial charge in [0, 0.05) is 37.7 Å². The molecule has 5 aliphatic rings. The summed E-state index contributed by atoms with van der Waals surface area (Å²) in [4.78, 5) is 47.6. The lowest BCUT2D eigenvalue weighted by Gasteiger charge is -2.42. The van der Waals surface area contributed by atoms with E-state index in [1.807, 2.05) is 26.8 Å². The molecule has 1 aromatic rings. The molecule has 4 bridgehead atoms. The van der Waals surface area contributed by atoms with Crippen molar-refractivity contribution in [1.82, 2.24) is 15.5 Å². The topological polar surface area (TPSA) is 119 Å². The number of nitrogens with zero attached hydrogens (tertiary/aromatic N) is 2. The third kappa shape index (κ3) is 7.00. The number of benzene rings is 1. The van der Waals surface area contributed by atoms with Crippen LogP contribution in [-0.4, -0.2) is 65.3 Å². The van der Waals surface area contributed by atoms with Gasteiger partial charge in [-0.3, -0.25) is 19.8 Å². The fraction of sp³-hybridized carbons (Fsp3) is 0.697. The summed E-state index contributed by atoms with van der Waals surface area (Å²) in [6.07, 6.45) is 4.36. The highest BCUT2D eigenvalue weighted by atomic mass is 16.6. The monoisotopic (exact) mass is 596 g/mol. The highest BCUT2D eigenvalue weighted by Gasteiger charge is 2.53. The second-order valence-electron chi connectivity index (χ2n) is 14.3. The third-order valence-corrected chi connectivity index (χ3v) is 9.17. The van der Waals surface area contributed by atoms with Gasteiger partial charge in [-0.25, -0.2) is 9.79 Å². The van der Waals surface area contributed by atoms with Crippen molar-refractivity contribution in [3.05, 3.63) is 29.3 Å². The Balaban J connectivity index is 1.54. The Kier molecular flexibility index (Phi) is 8.55. The van der Waals surface area contributed by atoms with E-state index in [0.29, 0.717) is 38.7 Å². The van der Waals surface area contributed by atoms with E-state index in [1.54, 1.807) is 32.8 Å². The van der Waals surface area contributed by atoms with Crippen molar-refractivity contribution < 1.29 is 28.6 Å². The zero-order valence-electron chi connectivity index (χ0n) is 26.7. The van der Waals surface area contributed by atoms with Crippen LogP contribution in [-0.2, 0) is 25.5 Å². The first kappa shape index (κ1) is 31.3. The zero-order chi connectivity index (χ0) is 31.2. The predicted octanol–water partition coefficient (Wildman–Crippen LogP) is 5.04. The molecule has 4 heterocycles. The zero-order valence-corrected chi connectivity index (χ0v) is 26.7. The molecule has 1 aromatic carbocycles. The fourth-order valence-corrected chi connectivity index (χ4v) is 6.96. The van der Waals surface area contributed by atoms with Gasteiger partial charge >= 0.3 is 6.09 Å². The number of alkyl carbamates (subject to hydrolysis) is 1. The number of aliphatic imine (C=N–C) groups is 1. The maximum Gasteiger partial charge on any atom is 0.414 e. The van der Waals surface area contributed by atoms with Gasteiger partial charge < -0.3 is 19.5 Å². The van der Waals surface area contributed by atoms with E-state index in [9.17, 15) is 14.4 Å². The van der Waals surface area contributed by atoms with E-state index in [4.69, 9.17) is 19.2 Å². The number of methoxy groups -OCH3 is 1. The first-order chi connectivity index (χ1) is 20.2. The number of nitrogens with one attached hydrogen (secondary N) is 2. The molecule has 43 heavy (non-hydrogen) atoms. The fourth-order valence-electron chi connectivity index (χ4n) is 6.96. The summed E-state index contributed by atoms with van der Waals surface area (Å²) >= 11 is 0. The van der Waals surface area contributed by atoms with Crippen molar-refractivity contribution in [1.29, 1.82) is 0 Å². The number of fused-ring (bicyclic) bond motifs is 4. The van der Waals surface area contributed by atoms with E-state index >= 15 is 0 Å². The van der Waals surface area contributed by atoms with E-state index in [2.05, 4.69) is 22.8 Å². The van der Waals surface area contributed by atoms with Crippen molar-refractivity contribution >= 4 is 23.9 Å². The maximum atomic E-state index is 14.1. The average Bonchev–Trinajstić information content (AvgIpc) is 3.69. The number of hydrogen-bond acceptors (Lipinski definition) is 7. The van der Waals surface area contributed by atoms with Gasteiger partial charge in [0.15, 0.2) is 0 Å². The molecule has 0 spiro atoms. The van der Waals surface area contributed by atoms with Crippen LogP contribution in [0.3, 0.4) is 0 Å². The van der Waals surface area contributed by atoms with Crippen molar-refractivity contribution in [3.63, 3.8) is 0 Å². The van der Waals surface area contributed by atoms with Gasteiger partial charge in [-0.05, 0) is 90.7 Å². The molecule has 5 atom stereocenters. The molecule has 10 heteroatoms. The maximum absolute atomic E-state index is 14.1. The predicted molar refractivity (Wildman–Crippen MR) is 163 cm³/mol. The Labute approximate surface area is 255 Å². The van der Waals surface area contributed by atoms with E-state index in [0.717, 1.165) is 29.7 Å². The molecule has 2 N–H and O–H groups in total. The highest BCUT2D eigenvalue weighted by molar-refractivity contribution is 6.05. The average molecular weight is 597 g/mol. The van der Waals surface area contributed by atoms with Crippen LogP contribution in [0.1, 0.15) is 104 Å². The third-order valence-electron chi connectivity index (χ3n) is 9.17. The van der Waals surface area contributed by atoms with Gasteiger partial charge in [0.05, 0.1) is 18.0 Å². The molecule has 3 amide bonds. The molecule has 236 valence electrons. The summed E-state index contributed by atoms with van der Waals surface area (Å²) in [6, 6.07) is 5.75. The van der Waals surface area contributed by atoms with Crippen molar-refractivity contribution in [3.8, 4) is 5.75 Å². The van der Waals surface area contributed by atoms with Crippen LogP contribution in [0.25, 0.3) is 0 Å². The highest BCUT2D eigenvalue weighted by Crippen LogP contribution is 2.47. The Bertz CT molecular complexity index is 1290. The minimum atomic E-state index is -0.716. The number of rotatable bonds is 4. The van der Waals surface area contributed by atoms with Gasteiger partial charge in [0.1, 0.15) is 17.0 Å². The molecule has 1 fully saturated rings. The molecule has 1 aliphatic carbocycles. The van der Waals surface area contributed by atoms with Crippen LogP contribution in [0, 0.1) is 11.8 Å². The molecular formula is C33H48N4O6. The smallest absolute Gasteiger partial charge is 0.414 e. The lowest BCUT2D eigenvalue weighted by atomic mass is 9.83. The molecular weight excluding hydrogens is 548 g/mol. The Morgan fingerprint density at radius 2 is 2.02 bits per heavy atom. The van der Waals surface area contributed by atoms with Gasteiger partial charge in [0.25, 0.3) is 0 Å². The molecule has 0 radical (unpaired) electrons. The molecule has 10 nitrogen and oxygen atoms in total. The van der Waals surface area contributed by atoms with E-state index < -0.39 is 22.8 Å². The second kappa shape index (κ2) is 11.7. The molecule has 0 aromatic heterocycles. The molecule has 6 rings (SSSR count). The van der Waals surface area contributed by atoms with E-state index in [-0.39, 0.29) is 48.1 Å². The number of guanidine groups is 1. The Morgan fingerprint density at radius 1 is 1.26 bits per heavy atom. The first-order valence-electron chi connectivity index (χ1n) is 15.8. The SMILES string of the molecule is CC[C@@]12CCCc3ccc4c(c3)[C@H](CC(C)(C)O4)NC(=O)[C@H]3C[C@@H]3[C@@H](CCOC)N(C(=O)C1)C(NC(=O)OC(C)(C)C)=N2. The molecule has 1 saturated carbocycles. The first-order valence-corrected chi connectivity index (χ1v) is 15.8. The van der Waals surface area contributed by atoms with Crippen LogP contribution < -0.4 is 15.4 Å². The standard InChI is InChI=1S/C33H48N4O6/c1-8-33-14-9-10-20-11-12-26-23(16-20)24(18-32(5,6)42-26)34-28(39)22-17-21(22)25(13-15-41-7)37(27(38)19-33)29(36-33)35-30(40)43-31(2,3)4/h11-12,16,21-22,24-25H,8-10,13-15,17-19H2,1-7H3,(H,34,39)(H,35,36,40)/t21-,22-,24-,25+,33+/m0/s1. The molecule has 4 aliphatic heterocycles. The van der Waals surface area contributed by atoms with Crippen LogP contribution in [0.15, 0.2) is 23.2 Å². The summed E-state index contributed by atoms with van der Waals surface area (Å²) in [5.74, 6) is 0.556. The van der Waals surface area contributed by atoms with Crippen molar-refractivity contribution in [2.24, 2.45) is 16.8 Å². The number of carbonyl (C=O) groups is 3. The summed E-state index contributed by atoms with van der Waals surface area (Å²) in [5, 5.41) is 6.18. The summed E-state index contributed by atoms with van der Waals surface area (Å²) in [6.45, 7) is 11.9. The van der Waals surface area contributed by atoms with Gasteiger partial charge in [0.2, 0.25) is 17.8 Å². The second-order valence-corrected chi connectivity index (χ2v) is 14.3. The summed E-state index contributed by atoms with van der Waals surface area (Å²) in [5.41, 5.74) is 0.402. The minimum Gasteiger partial charge on any atom is -0.487 e.